The first-order valence-electron chi connectivity index (χ1n) is 7.35. The molecule has 0 fully saturated rings. The summed E-state index contributed by atoms with van der Waals surface area (Å²) < 4.78 is 10.6. The SMILES string of the molecule is CC(=O)c1ccc(N(C)Cc2ccc3c(c2)OCO3)c([N+](=O)[O-])c1. The summed E-state index contributed by atoms with van der Waals surface area (Å²) in [7, 11) is 1.76. The van der Waals surface area contributed by atoms with Gasteiger partial charge in [0.1, 0.15) is 5.69 Å². The van der Waals surface area contributed by atoms with Crippen LogP contribution in [0, 0.1) is 10.1 Å². The highest BCUT2D eigenvalue weighted by atomic mass is 16.7. The lowest BCUT2D eigenvalue weighted by molar-refractivity contribution is -0.384. The number of nitrogens with zero attached hydrogens (tertiary/aromatic N) is 2. The number of hydrogen-bond acceptors (Lipinski definition) is 6. The van der Waals surface area contributed by atoms with E-state index in [-0.39, 0.29) is 18.3 Å². The molecule has 124 valence electrons. The van der Waals surface area contributed by atoms with E-state index in [0.29, 0.717) is 29.3 Å². The van der Waals surface area contributed by atoms with Gasteiger partial charge in [0.25, 0.3) is 5.69 Å². The molecule has 0 aliphatic carbocycles. The summed E-state index contributed by atoms with van der Waals surface area (Å²) in [5, 5.41) is 11.3. The van der Waals surface area contributed by atoms with Gasteiger partial charge in [-0.25, -0.2) is 0 Å². The first-order chi connectivity index (χ1) is 11.5. The van der Waals surface area contributed by atoms with E-state index < -0.39 is 4.92 Å². The number of benzene rings is 2. The van der Waals surface area contributed by atoms with Crippen LogP contribution < -0.4 is 14.4 Å². The van der Waals surface area contributed by atoms with Crippen LogP contribution in [0.2, 0.25) is 0 Å². The molecular formula is C17H16N2O5. The highest BCUT2D eigenvalue weighted by Gasteiger charge is 2.20. The summed E-state index contributed by atoms with van der Waals surface area (Å²) >= 11 is 0. The highest BCUT2D eigenvalue weighted by Crippen LogP contribution is 2.34. The molecule has 3 rings (SSSR count). The first-order valence-corrected chi connectivity index (χ1v) is 7.35. The molecule has 24 heavy (non-hydrogen) atoms. The molecule has 0 atom stereocenters. The fraction of sp³-hybridized carbons (Fsp3) is 0.235. The van der Waals surface area contributed by atoms with Gasteiger partial charge in [0.2, 0.25) is 6.79 Å². The van der Waals surface area contributed by atoms with E-state index in [9.17, 15) is 14.9 Å². The van der Waals surface area contributed by atoms with Crippen molar-refractivity contribution in [2.24, 2.45) is 0 Å². The predicted molar refractivity (Wildman–Crippen MR) is 87.8 cm³/mol. The van der Waals surface area contributed by atoms with Gasteiger partial charge in [-0.15, -0.1) is 0 Å². The summed E-state index contributed by atoms with van der Waals surface area (Å²) in [4.78, 5) is 24.1. The van der Waals surface area contributed by atoms with Crippen molar-refractivity contribution < 1.29 is 19.2 Å². The van der Waals surface area contributed by atoms with Crippen LogP contribution in [0.25, 0.3) is 0 Å². The van der Waals surface area contributed by atoms with E-state index in [1.54, 1.807) is 24.1 Å². The van der Waals surface area contributed by atoms with Crippen molar-refractivity contribution in [3.05, 3.63) is 57.6 Å². The molecule has 0 unspecified atom stereocenters. The highest BCUT2D eigenvalue weighted by molar-refractivity contribution is 5.95. The summed E-state index contributed by atoms with van der Waals surface area (Å²) in [5.74, 6) is 1.16. The van der Waals surface area contributed by atoms with E-state index in [1.807, 2.05) is 18.2 Å². The molecule has 2 aromatic rings. The molecule has 7 heteroatoms. The maximum Gasteiger partial charge on any atom is 0.293 e. The van der Waals surface area contributed by atoms with Crippen LogP contribution in [0.5, 0.6) is 11.5 Å². The van der Waals surface area contributed by atoms with Gasteiger partial charge in [0, 0.05) is 25.2 Å². The summed E-state index contributed by atoms with van der Waals surface area (Å²) in [6.07, 6.45) is 0. The Labute approximate surface area is 138 Å². The number of rotatable bonds is 5. The van der Waals surface area contributed by atoms with Crippen molar-refractivity contribution in [2.45, 2.75) is 13.5 Å². The molecule has 7 nitrogen and oxygen atoms in total. The number of anilines is 1. The van der Waals surface area contributed by atoms with E-state index >= 15 is 0 Å². The third kappa shape index (κ3) is 3.01. The Morgan fingerprint density at radius 1 is 1.21 bits per heavy atom. The Kier molecular flexibility index (Phi) is 4.07. The molecule has 0 amide bonds. The van der Waals surface area contributed by atoms with Gasteiger partial charge in [-0.05, 0) is 36.8 Å². The average molecular weight is 328 g/mol. The van der Waals surface area contributed by atoms with Gasteiger partial charge in [-0.1, -0.05) is 6.07 Å². The Morgan fingerprint density at radius 3 is 2.67 bits per heavy atom. The first kappa shape index (κ1) is 15.8. The normalized spacial score (nSPS) is 12.1. The maximum atomic E-state index is 11.4. The number of Topliss-reactive ketones (excluding diaryl/α,β-unsaturated/α-hetero) is 1. The van der Waals surface area contributed by atoms with Crippen LogP contribution in [-0.4, -0.2) is 24.5 Å². The maximum absolute atomic E-state index is 11.4. The number of hydrogen-bond donors (Lipinski definition) is 0. The summed E-state index contributed by atoms with van der Waals surface area (Å²) in [6, 6.07) is 10.1. The second-order valence-corrected chi connectivity index (χ2v) is 5.56. The number of ether oxygens (including phenoxy) is 2. The summed E-state index contributed by atoms with van der Waals surface area (Å²) in [5.41, 5.74) is 1.61. The third-order valence-electron chi connectivity index (χ3n) is 3.85. The van der Waals surface area contributed by atoms with E-state index in [2.05, 4.69) is 0 Å². The molecule has 0 N–H and O–H groups in total. The lowest BCUT2D eigenvalue weighted by Crippen LogP contribution is -2.18. The van der Waals surface area contributed by atoms with Gasteiger partial charge in [-0.3, -0.25) is 14.9 Å². The lowest BCUT2D eigenvalue weighted by Gasteiger charge is -2.19. The zero-order chi connectivity index (χ0) is 17.3. The minimum atomic E-state index is -0.474. The smallest absolute Gasteiger partial charge is 0.293 e. The van der Waals surface area contributed by atoms with Crippen LogP contribution in [0.3, 0.4) is 0 Å². The fourth-order valence-electron chi connectivity index (χ4n) is 2.61. The molecule has 0 saturated heterocycles. The third-order valence-corrected chi connectivity index (χ3v) is 3.85. The van der Waals surface area contributed by atoms with Crippen LogP contribution in [0.1, 0.15) is 22.8 Å². The molecule has 2 aromatic carbocycles. The Balaban J connectivity index is 1.88. The van der Waals surface area contributed by atoms with Crippen LogP contribution in [0.4, 0.5) is 11.4 Å². The topological polar surface area (TPSA) is 81.9 Å². The standard InChI is InChI=1S/C17H16N2O5/c1-11(20)13-4-5-14(15(8-13)19(21)22)18(2)9-12-3-6-16-17(7-12)24-10-23-16/h3-8H,9-10H2,1-2H3. The Morgan fingerprint density at radius 2 is 1.96 bits per heavy atom. The van der Waals surface area contributed by atoms with Crippen molar-refractivity contribution in [3.8, 4) is 11.5 Å². The minimum absolute atomic E-state index is 0.0917. The largest absolute Gasteiger partial charge is 0.454 e. The minimum Gasteiger partial charge on any atom is -0.454 e. The van der Waals surface area contributed by atoms with Crippen LogP contribution in [-0.2, 0) is 6.54 Å². The van der Waals surface area contributed by atoms with Crippen LogP contribution in [0.15, 0.2) is 36.4 Å². The number of nitro benzene ring substituents is 1. The van der Waals surface area contributed by atoms with Gasteiger partial charge < -0.3 is 14.4 Å². The molecule has 0 aromatic heterocycles. The second-order valence-electron chi connectivity index (χ2n) is 5.56. The van der Waals surface area contributed by atoms with Crippen molar-refractivity contribution in [3.63, 3.8) is 0 Å². The van der Waals surface area contributed by atoms with Crippen molar-refractivity contribution in [1.82, 2.24) is 0 Å². The molecule has 1 aliphatic heterocycles. The number of nitro groups is 1. The monoisotopic (exact) mass is 328 g/mol. The molecule has 1 heterocycles. The van der Waals surface area contributed by atoms with Gasteiger partial charge >= 0.3 is 0 Å². The van der Waals surface area contributed by atoms with E-state index in [1.165, 1.54) is 13.0 Å². The fourth-order valence-corrected chi connectivity index (χ4v) is 2.61. The molecular weight excluding hydrogens is 312 g/mol. The number of ketones is 1. The van der Waals surface area contributed by atoms with Crippen LogP contribution >= 0.6 is 0 Å². The average Bonchev–Trinajstić information content (AvgIpc) is 3.01. The second kappa shape index (κ2) is 6.19. The molecule has 0 spiro atoms. The number of fused-ring (bicyclic) bond motifs is 1. The van der Waals surface area contributed by atoms with Crippen molar-refractivity contribution in [1.29, 1.82) is 0 Å². The molecule has 1 aliphatic rings. The van der Waals surface area contributed by atoms with E-state index in [0.717, 1.165) is 5.56 Å². The Bertz CT molecular complexity index is 819. The molecule has 0 saturated carbocycles. The molecule has 0 radical (unpaired) electrons. The van der Waals surface area contributed by atoms with Gasteiger partial charge in [0.15, 0.2) is 17.3 Å². The Hall–Kier alpha value is -3.09. The quantitative estimate of drug-likeness (QED) is 0.476. The van der Waals surface area contributed by atoms with Gasteiger partial charge in [0.05, 0.1) is 4.92 Å². The molecule has 0 bridgehead atoms. The lowest BCUT2D eigenvalue weighted by atomic mass is 10.1. The number of carbonyl (C=O) groups excluding carboxylic acids is 1. The zero-order valence-electron chi connectivity index (χ0n) is 13.3. The summed E-state index contributed by atoms with van der Waals surface area (Å²) in [6.45, 7) is 2.04. The van der Waals surface area contributed by atoms with Crippen molar-refractivity contribution in [2.75, 3.05) is 18.7 Å². The number of carbonyl (C=O) groups is 1. The zero-order valence-corrected chi connectivity index (χ0v) is 13.3. The van der Waals surface area contributed by atoms with Gasteiger partial charge in [-0.2, -0.15) is 0 Å². The predicted octanol–water partition coefficient (Wildman–Crippen LogP) is 3.16. The van der Waals surface area contributed by atoms with E-state index in [4.69, 9.17) is 9.47 Å². The van der Waals surface area contributed by atoms with Crippen molar-refractivity contribution >= 4 is 17.2 Å².